The van der Waals surface area contributed by atoms with Gasteiger partial charge in [0.25, 0.3) is 0 Å². The second-order valence-electron chi connectivity index (χ2n) is 3.84. The third-order valence-corrected chi connectivity index (χ3v) is 2.48. The molecule has 0 N–H and O–H groups in total. The van der Waals surface area contributed by atoms with Crippen molar-refractivity contribution < 1.29 is 14.5 Å². The van der Waals surface area contributed by atoms with Crippen molar-refractivity contribution in [1.82, 2.24) is 0 Å². The summed E-state index contributed by atoms with van der Waals surface area (Å²) in [5.74, 6) is -0.180. The number of hydrogen-bond donors (Lipinski definition) is 0. The van der Waals surface area contributed by atoms with E-state index < -0.39 is 0 Å². The lowest BCUT2D eigenvalue weighted by Gasteiger charge is -1.96. The van der Waals surface area contributed by atoms with Gasteiger partial charge in [-0.3, -0.25) is 14.9 Å². The van der Waals surface area contributed by atoms with E-state index in [1.165, 1.54) is 7.11 Å². The molecule has 0 aromatic heterocycles. The van der Waals surface area contributed by atoms with Gasteiger partial charge in [0, 0.05) is 12.8 Å². The Morgan fingerprint density at radius 3 is 2.61 bits per heavy atom. The minimum absolute atomic E-state index is 0.180. The first kappa shape index (κ1) is 16.4. The quantitative estimate of drug-likeness (QED) is 0.208. The van der Waals surface area contributed by atoms with Crippen LogP contribution in [0.3, 0.4) is 0 Å². The molecule has 0 aliphatic rings. The summed E-state index contributed by atoms with van der Waals surface area (Å²) in [5.41, 5.74) is 0.255. The number of methoxy groups -OCH3 is 1. The van der Waals surface area contributed by atoms with E-state index in [-0.39, 0.29) is 16.6 Å². The van der Waals surface area contributed by atoms with Crippen LogP contribution >= 0.6 is 0 Å². The van der Waals surface area contributed by atoms with Gasteiger partial charge in [-0.05, 0) is 31.8 Å². The maximum absolute atomic E-state index is 10.8. The van der Waals surface area contributed by atoms with Crippen LogP contribution in [0, 0.1) is 10.1 Å². The Bertz CT molecular complexity index is 321. The van der Waals surface area contributed by atoms with Gasteiger partial charge in [0.1, 0.15) is 0 Å². The van der Waals surface area contributed by atoms with E-state index in [0.29, 0.717) is 19.3 Å². The van der Waals surface area contributed by atoms with Crippen molar-refractivity contribution in [2.75, 3.05) is 7.11 Å². The highest BCUT2D eigenvalue weighted by Crippen LogP contribution is 2.05. The van der Waals surface area contributed by atoms with E-state index in [9.17, 15) is 14.9 Å². The van der Waals surface area contributed by atoms with Crippen LogP contribution in [0.2, 0.25) is 0 Å². The second-order valence-corrected chi connectivity index (χ2v) is 3.84. The zero-order chi connectivity index (χ0) is 13.8. The van der Waals surface area contributed by atoms with E-state index >= 15 is 0 Å². The third kappa shape index (κ3) is 8.50. The van der Waals surface area contributed by atoms with Gasteiger partial charge >= 0.3 is 5.97 Å². The molecule has 0 spiro atoms. The van der Waals surface area contributed by atoms with Crippen LogP contribution < -0.4 is 0 Å². The molecule has 0 amide bonds. The van der Waals surface area contributed by atoms with Gasteiger partial charge < -0.3 is 4.74 Å². The molecule has 0 radical (unpaired) electrons. The highest BCUT2D eigenvalue weighted by molar-refractivity contribution is 5.68. The number of rotatable bonds is 9. The molecule has 0 unspecified atom stereocenters. The van der Waals surface area contributed by atoms with Crippen molar-refractivity contribution in [2.24, 2.45) is 0 Å². The van der Waals surface area contributed by atoms with E-state index in [2.05, 4.69) is 4.74 Å². The highest BCUT2D eigenvalue weighted by Gasteiger charge is 2.04. The number of nitrogens with zero attached hydrogens (tertiary/aromatic N) is 1. The molecule has 0 aliphatic carbocycles. The Hall–Kier alpha value is -1.65. The fourth-order valence-electron chi connectivity index (χ4n) is 1.40. The van der Waals surface area contributed by atoms with Gasteiger partial charge in [0.15, 0.2) is 0 Å². The summed E-state index contributed by atoms with van der Waals surface area (Å²) in [6.07, 6.45) is 9.62. The molecule has 0 saturated carbocycles. The van der Waals surface area contributed by atoms with Gasteiger partial charge in [-0.15, -0.1) is 0 Å². The van der Waals surface area contributed by atoms with Crippen molar-refractivity contribution >= 4 is 5.97 Å². The number of carbonyl (C=O) groups excluding carboxylic acids is 1. The van der Waals surface area contributed by atoms with Crippen molar-refractivity contribution in [3.63, 3.8) is 0 Å². The SMILES string of the molecule is CC/C(=C\C/C=C\CCCCC(=O)OC)[N+](=O)[O-]. The third-order valence-electron chi connectivity index (χ3n) is 2.48. The lowest BCUT2D eigenvalue weighted by molar-refractivity contribution is -0.427. The number of unbranched alkanes of at least 4 members (excludes halogenated alkanes) is 2. The molecule has 0 aromatic carbocycles. The molecular weight excluding hydrogens is 234 g/mol. The van der Waals surface area contributed by atoms with Gasteiger partial charge in [0.05, 0.1) is 12.0 Å². The van der Waals surface area contributed by atoms with Crippen LogP contribution in [-0.4, -0.2) is 18.0 Å². The molecule has 0 bridgehead atoms. The molecule has 5 nitrogen and oxygen atoms in total. The Morgan fingerprint density at radius 2 is 2.06 bits per heavy atom. The summed E-state index contributed by atoms with van der Waals surface area (Å²) in [7, 11) is 1.38. The molecule has 102 valence electrons. The molecule has 5 heteroatoms. The van der Waals surface area contributed by atoms with Crippen LogP contribution in [0.15, 0.2) is 23.9 Å². The molecule has 0 rings (SSSR count). The van der Waals surface area contributed by atoms with Crippen LogP contribution in [0.4, 0.5) is 0 Å². The summed E-state index contributed by atoms with van der Waals surface area (Å²) in [4.78, 5) is 21.0. The Balaban J connectivity index is 3.66. The van der Waals surface area contributed by atoms with Crippen molar-refractivity contribution in [3.8, 4) is 0 Å². The Labute approximate surface area is 108 Å². The van der Waals surface area contributed by atoms with Crippen molar-refractivity contribution in [2.45, 2.75) is 45.4 Å². The molecule has 0 saturated heterocycles. The lowest BCUT2D eigenvalue weighted by Crippen LogP contribution is -1.98. The average molecular weight is 255 g/mol. The van der Waals surface area contributed by atoms with Gasteiger partial charge in [-0.25, -0.2) is 0 Å². The first-order valence-corrected chi connectivity index (χ1v) is 6.17. The van der Waals surface area contributed by atoms with Crippen LogP contribution in [0.25, 0.3) is 0 Å². The summed E-state index contributed by atoms with van der Waals surface area (Å²) in [6, 6.07) is 0. The van der Waals surface area contributed by atoms with Crippen LogP contribution in [-0.2, 0) is 9.53 Å². The van der Waals surface area contributed by atoms with Gasteiger partial charge in [-0.1, -0.05) is 19.1 Å². The average Bonchev–Trinajstić information content (AvgIpc) is 2.36. The molecule has 18 heavy (non-hydrogen) atoms. The molecule has 0 heterocycles. The molecule has 0 aromatic rings. The van der Waals surface area contributed by atoms with E-state index in [1.807, 2.05) is 12.2 Å². The van der Waals surface area contributed by atoms with E-state index in [0.717, 1.165) is 19.3 Å². The van der Waals surface area contributed by atoms with Crippen LogP contribution in [0.5, 0.6) is 0 Å². The lowest BCUT2D eigenvalue weighted by atomic mass is 10.2. The first-order chi connectivity index (χ1) is 8.61. The minimum Gasteiger partial charge on any atom is -0.469 e. The summed E-state index contributed by atoms with van der Waals surface area (Å²) in [5, 5.41) is 10.5. The topological polar surface area (TPSA) is 69.4 Å². The second kappa shape index (κ2) is 10.5. The molecular formula is C13H21NO4. The Kier molecular flexibility index (Phi) is 9.54. The van der Waals surface area contributed by atoms with Gasteiger partial charge in [0.2, 0.25) is 5.70 Å². The normalized spacial score (nSPS) is 11.8. The fraction of sp³-hybridized carbons (Fsp3) is 0.615. The number of allylic oxidation sites excluding steroid dienone is 4. The maximum Gasteiger partial charge on any atom is 0.305 e. The molecule has 0 fully saturated rings. The zero-order valence-electron chi connectivity index (χ0n) is 11.1. The number of nitro groups is 1. The smallest absolute Gasteiger partial charge is 0.305 e. The molecule has 0 aliphatic heterocycles. The fourth-order valence-corrected chi connectivity index (χ4v) is 1.40. The summed E-state index contributed by atoms with van der Waals surface area (Å²) < 4.78 is 4.53. The summed E-state index contributed by atoms with van der Waals surface area (Å²) >= 11 is 0. The number of ether oxygens (including phenoxy) is 1. The highest BCUT2D eigenvalue weighted by atomic mass is 16.6. The monoisotopic (exact) mass is 255 g/mol. The van der Waals surface area contributed by atoms with Crippen molar-refractivity contribution in [3.05, 3.63) is 34.0 Å². The Morgan fingerprint density at radius 1 is 1.33 bits per heavy atom. The van der Waals surface area contributed by atoms with Gasteiger partial charge in [-0.2, -0.15) is 0 Å². The van der Waals surface area contributed by atoms with E-state index in [4.69, 9.17) is 0 Å². The maximum atomic E-state index is 10.8. The number of hydrogen-bond acceptors (Lipinski definition) is 4. The number of esters is 1. The molecule has 0 atom stereocenters. The summed E-state index contributed by atoms with van der Waals surface area (Å²) in [6.45, 7) is 1.77. The predicted octanol–water partition coefficient (Wildman–Crippen LogP) is 3.24. The zero-order valence-corrected chi connectivity index (χ0v) is 11.1. The van der Waals surface area contributed by atoms with Crippen molar-refractivity contribution in [1.29, 1.82) is 0 Å². The largest absolute Gasteiger partial charge is 0.469 e. The van der Waals surface area contributed by atoms with Crippen LogP contribution in [0.1, 0.15) is 45.4 Å². The van der Waals surface area contributed by atoms with E-state index in [1.54, 1.807) is 13.0 Å². The minimum atomic E-state index is -0.343. The first-order valence-electron chi connectivity index (χ1n) is 6.17. The number of carbonyl (C=O) groups is 1. The standard InChI is InChI=1S/C13H21NO4/c1-3-12(14(16)17)10-8-6-4-5-7-9-11-13(15)18-2/h4,6,10H,3,5,7-9,11H2,1-2H3/b6-4-,12-10+. The predicted molar refractivity (Wildman–Crippen MR) is 69.6 cm³/mol.